The molecule has 0 aromatic heterocycles. The van der Waals surface area contributed by atoms with Gasteiger partial charge in [0.05, 0.1) is 23.8 Å². The summed E-state index contributed by atoms with van der Waals surface area (Å²) in [7, 11) is 0. The number of halogens is 1. The minimum atomic E-state index is -0.988. The van der Waals surface area contributed by atoms with E-state index in [2.05, 4.69) is 12.6 Å². The highest BCUT2D eigenvalue weighted by atomic mass is 19.1. The maximum atomic E-state index is 13.7. The standard InChI is InChI=1S/C28H24FNO4/c1-3-6-23-13-20(14-24(17-30)22-7-5-8-25(29)16-22)15-26(33-4-2)27(23)34-18-19-9-11-21(12-10-19)28(31)32/h3,5,7-16H,1,4,6,18H2,2H3,(H,31,32)/b24-14-. The average Bonchev–Trinajstić information content (AvgIpc) is 2.82. The lowest BCUT2D eigenvalue weighted by atomic mass is 10.0. The van der Waals surface area contributed by atoms with Crippen molar-refractivity contribution in [2.45, 2.75) is 20.0 Å². The number of aromatic carboxylic acids is 1. The third-order valence-electron chi connectivity index (χ3n) is 4.97. The molecule has 0 aliphatic rings. The monoisotopic (exact) mass is 457 g/mol. The molecule has 0 fully saturated rings. The van der Waals surface area contributed by atoms with Crippen molar-refractivity contribution < 1.29 is 23.8 Å². The highest BCUT2D eigenvalue weighted by Gasteiger charge is 2.14. The normalized spacial score (nSPS) is 10.9. The molecule has 0 radical (unpaired) electrons. The first-order valence-corrected chi connectivity index (χ1v) is 10.7. The molecule has 6 heteroatoms. The van der Waals surface area contributed by atoms with Gasteiger partial charge in [0.2, 0.25) is 0 Å². The summed E-state index contributed by atoms with van der Waals surface area (Å²) >= 11 is 0. The summed E-state index contributed by atoms with van der Waals surface area (Å²) in [5, 5.41) is 18.7. The van der Waals surface area contributed by atoms with Gasteiger partial charge < -0.3 is 14.6 Å². The molecule has 3 aromatic carbocycles. The molecule has 0 atom stereocenters. The molecule has 1 N–H and O–H groups in total. The van der Waals surface area contributed by atoms with E-state index >= 15 is 0 Å². The first kappa shape index (κ1) is 24.3. The largest absolute Gasteiger partial charge is 0.490 e. The molecule has 0 unspecified atom stereocenters. The first-order valence-electron chi connectivity index (χ1n) is 10.7. The van der Waals surface area contributed by atoms with Gasteiger partial charge in [0, 0.05) is 5.56 Å². The highest BCUT2D eigenvalue weighted by Crippen LogP contribution is 2.36. The summed E-state index contributed by atoms with van der Waals surface area (Å²) in [4.78, 5) is 11.1. The molecule has 0 spiro atoms. The molecule has 0 aliphatic carbocycles. The van der Waals surface area contributed by atoms with E-state index in [1.807, 2.05) is 13.0 Å². The lowest BCUT2D eigenvalue weighted by Gasteiger charge is -2.17. The molecule has 0 heterocycles. The van der Waals surface area contributed by atoms with Crippen LogP contribution in [0.5, 0.6) is 11.5 Å². The van der Waals surface area contributed by atoms with Gasteiger partial charge in [-0.15, -0.1) is 6.58 Å². The van der Waals surface area contributed by atoms with Crippen LogP contribution in [0.2, 0.25) is 0 Å². The van der Waals surface area contributed by atoms with Crippen molar-refractivity contribution in [3.63, 3.8) is 0 Å². The number of carboxylic acids is 1. The molecule has 5 nitrogen and oxygen atoms in total. The van der Waals surface area contributed by atoms with Gasteiger partial charge in [0.25, 0.3) is 0 Å². The number of nitriles is 1. The van der Waals surface area contributed by atoms with Crippen LogP contribution >= 0.6 is 0 Å². The van der Waals surface area contributed by atoms with Gasteiger partial charge >= 0.3 is 5.97 Å². The third kappa shape index (κ3) is 6.11. The molecule has 3 aromatic rings. The third-order valence-corrected chi connectivity index (χ3v) is 4.97. The van der Waals surface area contributed by atoms with Gasteiger partial charge in [0.15, 0.2) is 11.5 Å². The van der Waals surface area contributed by atoms with Gasteiger partial charge in [-0.3, -0.25) is 0 Å². The zero-order chi connectivity index (χ0) is 24.5. The minimum Gasteiger partial charge on any atom is -0.490 e. The molecule has 0 bridgehead atoms. The Kier molecular flexibility index (Phi) is 8.20. The van der Waals surface area contributed by atoms with Gasteiger partial charge in [-0.1, -0.05) is 30.3 Å². The van der Waals surface area contributed by atoms with Crippen molar-refractivity contribution in [2.24, 2.45) is 0 Å². The van der Waals surface area contributed by atoms with Crippen molar-refractivity contribution in [1.82, 2.24) is 0 Å². The fourth-order valence-electron chi connectivity index (χ4n) is 3.40. The fourth-order valence-corrected chi connectivity index (χ4v) is 3.40. The number of hydrogen-bond donors (Lipinski definition) is 1. The second kappa shape index (κ2) is 11.5. The summed E-state index contributed by atoms with van der Waals surface area (Å²) < 4.78 is 25.6. The van der Waals surface area contributed by atoms with Gasteiger partial charge in [-0.05, 0) is 72.5 Å². The number of hydrogen-bond acceptors (Lipinski definition) is 4. The quantitative estimate of drug-likeness (QED) is 0.220. The molecule has 3 rings (SSSR count). The Hall–Kier alpha value is -4.37. The van der Waals surface area contributed by atoms with E-state index < -0.39 is 11.8 Å². The van der Waals surface area contributed by atoms with Crippen LogP contribution in [0, 0.1) is 17.1 Å². The first-order chi connectivity index (χ1) is 16.4. The fraction of sp³-hybridized carbons (Fsp3) is 0.143. The Bertz CT molecular complexity index is 1260. The van der Waals surface area contributed by atoms with Crippen LogP contribution < -0.4 is 9.47 Å². The summed E-state index contributed by atoms with van der Waals surface area (Å²) in [6, 6.07) is 18.1. The number of rotatable bonds is 10. The Morgan fingerprint density at radius 2 is 1.88 bits per heavy atom. The number of benzene rings is 3. The van der Waals surface area contributed by atoms with Crippen molar-refractivity contribution in [3.8, 4) is 17.6 Å². The van der Waals surface area contributed by atoms with E-state index in [4.69, 9.17) is 14.6 Å². The van der Waals surface area contributed by atoms with Crippen LogP contribution in [-0.2, 0) is 13.0 Å². The van der Waals surface area contributed by atoms with Gasteiger partial charge in [-0.25, -0.2) is 9.18 Å². The number of nitrogens with zero attached hydrogens (tertiary/aromatic N) is 1. The molecule has 172 valence electrons. The van der Waals surface area contributed by atoms with Crippen molar-refractivity contribution in [3.05, 3.63) is 107 Å². The van der Waals surface area contributed by atoms with E-state index in [9.17, 15) is 14.4 Å². The van der Waals surface area contributed by atoms with E-state index in [1.54, 1.807) is 42.5 Å². The molecular weight excluding hydrogens is 433 g/mol. The average molecular weight is 458 g/mol. The van der Waals surface area contributed by atoms with E-state index in [1.165, 1.54) is 24.3 Å². The molecule has 34 heavy (non-hydrogen) atoms. The second-order valence-electron chi connectivity index (χ2n) is 7.40. The SMILES string of the molecule is C=CCc1cc(/C=C(/C#N)c2cccc(F)c2)cc(OCC)c1OCc1ccc(C(=O)O)cc1. The van der Waals surface area contributed by atoms with Crippen LogP contribution in [0.4, 0.5) is 4.39 Å². The maximum absolute atomic E-state index is 13.7. The summed E-state index contributed by atoms with van der Waals surface area (Å²) in [5.41, 5.74) is 3.33. The minimum absolute atomic E-state index is 0.203. The van der Waals surface area contributed by atoms with Crippen molar-refractivity contribution in [2.75, 3.05) is 6.61 Å². The molecule has 0 saturated heterocycles. The summed E-state index contributed by atoms with van der Waals surface area (Å²) in [5.74, 6) is -0.351. The topological polar surface area (TPSA) is 79.5 Å². The summed E-state index contributed by atoms with van der Waals surface area (Å²) in [6.45, 7) is 6.30. The Morgan fingerprint density at radius 1 is 1.12 bits per heavy atom. The van der Waals surface area contributed by atoms with E-state index in [-0.39, 0.29) is 12.2 Å². The van der Waals surface area contributed by atoms with Crippen LogP contribution in [0.15, 0.2) is 73.3 Å². The zero-order valence-corrected chi connectivity index (χ0v) is 18.8. The van der Waals surface area contributed by atoms with Crippen LogP contribution in [0.25, 0.3) is 11.6 Å². The van der Waals surface area contributed by atoms with Crippen molar-refractivity contribution in [1.29, 1.82) is 5.26 Å². The second-order valence-corrected chi connectivity index (χ2v) is 7.40. The van der Waals surface area contributed by atoms with Crippen molar-refractivity contribution >= 4 is 17.6 Å². The van der Waals surface area contributed by atoms with Crippen LogP contribution in [0.3, 0.4) is 0 Å². The highest BCUT2D eigenvalue weighted by molar-refractivity contribution is 5.90. The predicted octanol–water partition coefficient (Wildman–Crippen LogP) is 6.29. The van der Waals surface area contributed by atoms with E-state index in [0.29, 0.717) is 41.2 Å². The van der Waals surface area contributed by atoms with Crippen LogP contribution in [-0.4, -0.2) is 17.7 Å². The number of carboxylic acid groups (broad SMARTS) is 1. The number of ether oxygens (including phenoxy) is 2. The zero-order valence-electron chi connectivity index (χ0n) is 18.8. The predicted molar refractivity (Wildman–Crippen MR) is 129 cm³/mol. The lowest BCUT2D eigenvalue weighted by molar-refractivity contribution is 0.0697. The Labute approximate surface area is 198 Å². The molecule has 0 amide bonds. The van der Waals surface area contributed by atoms with Crippen LogP contribution in [0.1, 0.15) is 39.5 Å². The van der Waals surface area contributed by atoms with Gasteiger partial charge in [-0.2, -0.15) is 5.26 Å². The smallest absolute Gasteiger partial charge is 0.335 e. The molecule has 0 saturated carbocycles. The lowest BCUT2D eigenvalue weighted by Crippen LogP contribution is -2.04. The van der Waals surface area contributed by atoms with E-state index in [0.717, 1.165) is 11.1 Å². The van der Waals surface area contributed by atoms with Gasteiger partial charge in [0.1, 0.15) is 12.4 Å². The molecular formula is C28H24FNO4. The number of allylic oxidation sites excluding steroid dienone is 2. The Balaban J connectivity index is 1.97. The summed E-state index contributed by atoms with van der Waals surface area (Å²) in [6.07, 6.45) is 3.92. The number of carbonyl (C=O) groups is 1. The Morgan fingerprint density at radius 3 is 2.50 bits per heavy atom. The maximum Gasteiger partial charge on any atom is 0.335 e. The molecule has 0 aliphatic heterocycles.